The van der Waals surface area contributed by atoms with Crippen molar-refractivity contribution in [1.82, 2.24) is 24.8 Å². The number of nitrogens with zero attached hydrogens (tertiary/aromatic N) is 4. The van der Waals surface area contributed by atoms with Crippen molar-refractivity contribution in [3.63, 3.8) is 0 Å². The lowest BCUT2D eigenvalue weighted by atomic mass is 9.93. The van der Waals surface area contributed by atoms with Gasteiger partial charge >= 0.3 is 0 Å². The Balaban J connectivity index is 0.00000182. The second-order valence-corrected chi connectivity index (χ2v) is 7.49. The molecule has 1 unspecified atom stereocenters. The van der Waals surface area contributed by atoms with Crippen molar-refractivity contribution in [1.29, 1.82) is 0 Å². The molecule has 4 rings (SSSR count). The summed E-state index contributed by atoms with van der Waals surface area (Å²) in [5, 5.41) is 3.51. The number of hydrogen-bond acceptors (Lipinski definition) is 4. The van der Waals surface area contributed by atoms with E-state index in [-0.39, 0.29) is 12.4 Å². The van der Waals surface area contributed by atoms with E-state index in [1.165, 1.54) is 43.5 Å². The van der Waals surface area contributed by atoms with Crippen LogP contribution in [0.1, 0.15) is 36.2 Å². The third-order valence-electron chi connectivity index (χ3n) is 5.97. The molecule has 1 aliphatic heterocycles. The Morgan fingerprint density at radius 3 is 2.76 bits per heavy atom. The molecule has 0 radical (unpaired) electrons. The zero-order chi connectivity index (χ0) is 16.6. The van der Waals surface area contributed by atoms with E-state index in [4.69, 9.17) is 0 Å². The fourth-order valence-electron chi connectivity index (χ4n) is 4.19. The average molecular weight is 362 g/mol. The van der Waals surface area contributed by atoms with Crippen LogP contribution in [0.25, 0.3) is 0 Å². The van der Waals surface area contributed by atoms with Crippen LogP contribution in [0.5, 0.6) is 0 Å². The quantitative estimate of drug-likeness (QED) is 0.889. The number of piperidine rings is 1. The molecule has 6 heteroatoms. The first-order chi connectivity index (χ1) is 11.7. The average Bonchev–Trinajstić information content (AvgIpc) is 3.11. The second kappa shape index (κ2) is 7.44. The van der Waals surface area contributed by atoms with E-state index >= 15 is 0 Å². The second-order valence-electron chi connectivity index (χ2n) is 7.49. The van der Waals surface area contributed by atoms with Gasteiger partial charge in [-0.2, -0.15) is 0 Å². The summed E-state index contributed by atoms with van der Waals surface area (Å²) in [4.78, 5) is 11.5. The highest BCUT2D eigenvalue weighted by atomic mass is 35.5. The summed E-state index contributed by atoms with van der Waals surface area (Å²) < 4.78 is 2.14. The van der Waals surface area contributed by atoms with Gasteiger partial charge in [0.2, 0.25) is 0 Å². The molecule has 2 aromatic rings. The monoisotopic (exact) mass is 361 g/mol. The molecule has 0 amide bonds. The molecule has 1 atom stereocenters. The molecule has 2 aromatic heterocycles. The van der Waals surface area contributed by atoms with Crippen LogP contribution in [0.15, 0.2) is 30.9 Å². The van der Waals surface area contributed by atoms with Crippen molar-refractivity contribution in [2.45, 2.75) is 45.3 Å². The molecule has 1 N–H and O–H groups in total. The van der Waals surface area contributed by atoms with E-state index in [1.807, 2.05) is 24.8 Å². The van der Waals surface area contributed by atoms with Gasteiger partial charge in [0.15, 0.2) is 0 Å². The van der Waals surface area contributed by atoms with Crippen LogP contribution >= 0.6 is 12.4 Å². The van der Waals surface area contributed by atoms with Crippen molar-refractivity contribution >= 4 is 12.4 Å². The Hall–Kier alpha value is -1.43. The molecule has 1 spiro atoms. The first-order valence-electron chi connectivity index (χ1n) is 8.98. The standard InChI is InChI=1S/C19H27N5.ClH/c1-15-3-6-21-12-16(15)13-24(14-18-22-9-10-23(18)2)17-11-19(17)4-7-20-8-5-19;/h3,6,9-10,12,17,20H,4-5,7-8,11,13-14H2,1-2H3;1H. The minimum absolute atomic E-state index is 0. The summed E-state index contributed by atoms with van der Waals surface area (Å²) in [7, 11) is 2.09. The summed E-state index contributed by atoms with van der Waals surface area (Å²) in [6, 6.07) is 2.79. The van der Waals surface area contributed by atoms with Crippen molar-refractivity contribution in [2.75, 3.05) is 13.1 Å². The number of nitrogens with one attached hydrogen (secondary N) is 1. The summed E-state index contributed by atoms with van der Waals surface area (Å²) in [6.07, 6.45) is 11.8. The number of halogens is 1. The van der Waals surface area contributed by atoms with Gasteiger partial charge in [0.25, 0.3) is 0 Å². The zero-order valence-electron chi connectivity index (χ0n) is 15.1. The predicted molar refractivity (Wildman–Crippen MR) is 102 cm³/mol. The van der Waals surface area contributed by atoms with Crippen LogP contribution in [0.2, 0.25) is 0 Å². The van der Waals surface area contributed by atoms with E-state index in [0.717, 1.165) is 18.9 Å². The van der Waals surface area contributed by atoms with Gasteiger partial charge in [0, 0.05) is 44.4 Å². The largest absolute Gasteiger partial charge is 0.337 e. The molecule has 0 bridgehead atoms. The van der Waals surface area contributed by atoms with Gasteiger partial charge in [-0.05, 0) is 61.9 Å². The van der Waals surface area contributed by atoms with Crippen LogP contribution in [0, 0.1) is 12.3 Å². The van der Waals surface area contributed by atoms with Crippen LogP contribution in [0.4, 0.5) is 0 Å². The number of aromatic nitrogens is 3. The van der Waals surface area contributed by atoms with E-state index in [1.54, 1.807) is 0 Å². The Morgan fingerprint density at radius 1 is 1.28 bits per heavy atom. The molecule has 2 fully saturated rings. The lowest BCUT2D eigenvalue weighted by Gasteiger charge is -2.29. The van der Waals surface area contributed by atoms with Gasteiger partial charge in [-0.25, -0.2) is 4.98 Å². The minimum Gasteiger partial charge on any atom is -0.337 e. The number of rotatable bonds is 5. The lowest BCUT2D eigenvalue weighted by Crippen LogP contribution is -2.36. The number of imidazole rings is 1. The molecule has 136 valence electrons. The Bertz CT molecular complexity index is 707. The molecule has 1 saturated heterocycles. The molecule has 5 nitrogen and oxygen atoms in total. The maximum absolute atomic E-state index is 4.56. The van der Waals surface area contributed by atoms with Crippen molar-refractivity contribution in [3.8, 4) is 0 Å². The first-order valence-corrected chi connectivity index (χ1v) is 8.98. The van der Waals surface area contributed by atoms with Crippen LogP contribution in [-0.4, -0.2) is 38.6 Å². The topological polar surface area (TPSA) is 46.0 Å². The minimum atomic E-state index is 0. The Morgan fingerprint density at radius 2 is 2.08 bits per heavy atom. The van der Waals surface area contributed by atoms with E-state index in [9.17, 15) is 0 Å². The number of pyridine rings is 1. The van der Waals surface area contributed by atoms with Crippen LogP contribution in [-0.2, 0) is 20.1 Å². The predicted octanol–water partition coefficient (Wildman–Crippen LogP) is 2.69. The van der Waals surface area contributed by atoms with Crippen molar-refractivity contribution in [2.24, 2.45) is 12.5 Å². The smallest absolute Gasteiger partial charge is 0.122 e. The molecule has 25 heavy (non-hydrogen) atoms. The molecule has 3 heterocycles. The highest BCUT2D eigenvalue weighted by Gasteiger charge is 2.56. The lowest BCUT2D eigenvalue weighted by molar-refractivity contribution is 0.182. The summed E-state index contributed by atoms with van der Waals surface area (Å²) in [5.41, 5.74) is 3.20. The highest BCUT2D eigenvalue weighted by molar-refractivity contribution is 5.85. The fraction of sp³-hybridized carbons (Fsp3) is 0.579. The van der Waals surface area contributed by atoms with Crippen molar-refractivity contribution < 1.29 is 0 Å². The molecule has 2 aliphatic rings. The molecule has 1 saturated carbocycles. The number of hydrogen-bond donors (Lipinski definition) is 1. The SMILES string of the molecule is Cc1ccncc1CN(Cc1nccn1C)C1CC12CCNCC2.Cl. The highest BCUT2D eigenvalue weighted by Crippen LogP contribution is 2.56. The van der Waals surface area contributed by atoms with E-state index in [2.05, 4.69) is 44.8 Å². The van der Waals surface area contributed by atoms with Gasteiger partial charge in [-0.3, -0.25) is 9.88 Å². The Kier molecular flexibility index (Phi) is 5.46. The van der Waals surface area contributed by atoms with Gasteiger partial charge < -0.3 is 9.88 Å². The third kappa shape index (κ3) is 3.73. The van der Waals surface area contributed by atoms with Gasteiger partial charge in [0.1, 0.15) is 5.82 Å². The number of aryl methyl sites for hydroxylation is 2. The van der Waals surface area contributed by atoms with E-state index < -0.39 is 0 Å². The molecule has 0 aromatic carbocycles. The summed E-state index contributed by atoms with van der Waals surface area (Å²) in [6.45, 7) is 6.39. The van der Waals surface area contributed by atoms with Crippen LogP contribution in [0.3, 0.4) is 0 Å². The fourth-order valence-corrected chi connectivity index (χ4v) is 4.19. The van der Waals surface area contributed by atoms with Gasteiger partial charge in [-0.15, -0.1) is 12.4 Å². The Labute approximate surface area is 156 Å². The molecular formula is C19H28ClN5. The van der Waals surface area contributed by atoms with Crippen molar-refractivity contribution in [3.05, 3.63) is 47.8 Å². The molecular weight excluding hydrogens is 334 g/mol. The van der Waals surface area contributed by atoms with Gasteiger partial charge in [0.05, 0.1) is 6.54 Å². The van der Waals surface area contributed by atoms with Crippen LogP contribution < -0.4 is 5.32 Å². The first kappa shape index (κ1) is 18.4. The summed E-state index contributed by atoms with van der Waals surface area (Å²) >= 11 is 0. The van der Waals surface area contributed by atoms with E-state index in [0.29, 0.717) is 11.5 Å². The summed E-state index contributed by atoms with van der Waals surface area (Å²) in [5.74, 6) is 1.15. The van der Waals surface area contributed by atoms with Gasteiger partial charge in [-0.1, -0.05) is 0 Å². The maximum Gasteiger partial charge on any atom is 0.122 e. The molecule has 1 aliphatic carbocycles. The normalized spacial score (nSPS) is 21.3. The maximum atomic E-state index is 4.56. The third-order valence-corrected chi connectivity index (χ3v) is 5.97. The zero-order valence-corrected chi connectivity index (χ0v) is 15.9.